The Morgan fingerprint density at radius 2 is 2.38 bits per heavy atom. The lowest BCUT2D eigenvalue weighted by Crippen LogP contribution is -2.34. The molecule has 1 aliphatic heterocycles. The van der Waals surface area contributed by atoms with Crippen molar-refractivity contribution >= 4 is 17.3 Å². The molecule has 1 heterocycles. The second kappa shape index (κ2) is 4.43. The average molecular weight is 220 g/mol. The summed E-state index contributed by atoms with van der Waals surface area (Å²) < 4.78 is 4.77. The standard InChI is InChI=1S/C12H16N2O2/c1-3-14-8-7-13-11-9(12(15)16-2)5-4-6-10(11)14/h4-6,13H,3,7-8H2,1-2H3. The third-order valence-corrected chi connectivity index (χ3v) is 2.85. The number of anilines is 2. The molecule has 0 saturated heterocycles. The maximum Gasteiger partial charge on any atom is 0.340 e. The molecule has 86 valence electrons. The molecular weight excluding hydrogens is 204 g/mol. The maximum atomic E-state index is 11.6. The zero-order chi connectivity index (χ0) is 11.5. The molecule has 4 nitrogen and oxygen atoms in total. The Morgan fingerprint density at radius 1 is 1.56 bits per heavy atom. The highest BCUT2D eigenvalue weighted by Crippen LogP contribution is 2.32. The first-order chi connectivity index (χ1) is 7.77. The molecule has 0 amide bonds. The van der Waals surface area contributed by atoms with Gasteiger partial charge in [0.1, 0.15) is 0 Å². The van der Waals surface area contributed by atoms with Crippen molar-refractivity contribution in [3.63, 3.8) is 0 Å². The minimum atomic E-state index is -0.290. The van der Waals surface area contributed by atoms with Crippen LogP contribution in [0.1, 0.15) is 17.3 Å². The molecule has 4 heteroatoms. The lowest BCUT2D eigenvalue weighted by Gasteiger charge is -2.31. The molecule has 0 radical (unpaired) electrons. The van der Waals surface area contributed by atoms with Crippen molar-refractivity contribution < 1.29 is 9.53 Å². The quantitative estimate of drug-likeness (QED) is 0.771. The molecule has 0 aliphatic carbocycles. The minimum absolute atomic E-state index is 0.290. The first kappa shape index (κ1) is 10.8. The van der Waals surface area contributed by atoms with Gasteiger partial charge in [-0.25, -0.2) is 4.79 Å². The van der Waals surface area contributed by atoms with Gasteiger partial charge in [-0.15, -0.1) is 0 Å². The molecule has 1 aliphatic rings. The summed E-state index contributed by atoms with van der Waals surface area (Å²) in [7, 11) is 1.40. The summed E-state index contributed by atoms with van der Waals surface area (Å²) in [6.45, 7) is 4.88. The Hall–Kier alpha value is -1.71. The number of hydrogen-bond acceptors (Lipinski definition) is 4. The Balaban J connectivity index is 2.46. The van der Waals surface area contributed by atoms with E-state index in [9.17, 15) is 4.79 Å². The number of carbonyl (C=O) groups is 1. The number of benzene rings is 1. The van der Waals surface area contributed by atoms with Gasteiger partial charge in [-0.1, -0.05) is 6.07 Å². The van der Waals surface area contributed by atoms with E-state index < -0.39 is 0 Å². The van der Waals surface area contributed by atoms with E-state index >= 15 is 0 Å². The Bertz CT molecular complexity index is 404. The van der Waals surface area contributed by atoms with Gasteiger partial charge >= 0.3 is 5.97 Å². The lowest BCUT2D eigenvalue weighted by molar-refractivity contribution is 0.0602. The fourth-order valence-electron chi connectivity index (χ4n) is 2.03. The second-order valence-electron chi connectivity index (χ2n) is 3.70. The van der Waals surface area contributed by atoms with Crippen LogP contribution in [-0.4, -0.2) is 32.7 Å². The number of likely N-dealkylation sites (N-methyl/N-ethyl adjacent to an activating group) is 1. The van der Waals surface area contributed by atoms with Gasteiger partial charge in [-0.2, -0.15) is 0 Å². The zero-order valence-corrected chi connectivity index (χ0v) is 9.62. The molecule has 1 aromatic rings. The van der Waals surface area contributed by atoms with Crippen molar-refractivity contribution in [3.8, 4) is 0 Å². The summed E-state index contributed by atoms with van der Waals surface area (Å²) in [4.78, 5) is 13.8. The lowest BCUT2D eigenvalue weighted by atomic mass is 10.1. The molecule has 2 rings (SSSR count). The Labute approximate surface area is 95.2 Å². The summed E-state index contributed by atoms with van der Waals surface area (Å²) in [5.41, 5.74) is 2.58. The second-order valence-corrected chi connectivity index (χ2v) is 3.70. The van der Waals surface area contributed by atoms with E-state index in [1.807, 2.05) is 12.1 Å². The van der Waals surface area contributed by atoms with Crippen LogP contribution in [0.15, 0.2) is 18.2 Å². The van der Waals surface area contributed by atoms with Crippen molar-refractivity contribution in [2.24, 2.45) is 0 Å². The number of nitrogens with zero attached hydrogens (tertiary/aromatic N) is 1. The van der Waals surface area contributed by atoms with Crippen LogP contribution in [0.3, 0.4) is 0 Å². The molecule has 0 fully saturated rings. The molecule has 0 unspecified atom stereocenters. The van der Waals surface area contributed by atoms with Gasteiger partial charge in [0.2, 0.25) is 0 Å². The number of carbonyl (C=O) groups excluding carboxylic acids is 1. The van der Waals surface area contributed by atoms with Gasteiger partial charge in [0.25, 0.3) is 0 Å². The molecule has 0 bridgehead atoms. The van der Waals surface area contributed by atoms with Crippen molar-refractivity contribution in [1.29, 1.82) is 0 Å². The summed E-state index contributed by atoms with van der Waals surface area (Å²) in [6.07, 6.45) is 0. The average Bonchev–Trinajstić information content (AvgIpc) is 2.36. The first-order valence-electron chi connectivity index (χ1n) is 5.48. The van der Waals surface area contributed by atoms with Gasteiger partial charge in [-0.05, 0) is 19.1 Å². The summed E-state index contributed by atoms with van der Waals surface area (Å²) in [5, 5.41) is 3.27. The number of methoxy groups -OCH3 is 1. The van der Waals surface area contributed by atoms with E-state index in [-0.39, 0.29) is 5.97 Å². The SMILES string of the molecule is CCN1CCNc2c(C(=O)OC)cccc21. The van der Waals surface area contributed by atoms with Crippen LogP contribution in [0.5, 0.6) is 0 Å². The molecule has 1 aromatic carbocycles. The predicted octanol–water partition coefficient (Wildman–Crippen LogP) is 1.72. The van der Waals surface area contributed by atoms with E-state index in [2.05, 4.69) is 17.1 Å². The van der Waals surface area contributed by atoms with E-state index in [0.29, 0.717) is 5.56 Å². The van der Waals surface area contributed by atoms with Crippen LogP contribution in [-0.2, 0) is 4.74 Å². The Morgan fingerprint density at radius 3 is 3.06 bits per heavy atom. The van der Waals surface area contributed by atoms with Gasteiger partial charge in [-0.3, -0.25) is 0 Å². The summed E-state index contributed by atoms with van der Waals surface area (Å²) >= 11 is 0. The number of rotatable bonds is 2. The van der Waals surface area contributed by atoms with Crippen LogP contribution < -0.4 is 10.2 Å². The third kappa shape index (κ3) is 1.71. The van der Waals surface area contributed by atoms with E-state index in [4.69, 9.17) is 4.74 Å². The van der Waals surface area contributed by atoms with E-state index in [1.165, 1.54) is 7.11 Å². The molecular formula is C12H16N2O2. The van der Waals surface area contributed by atoms with Crippen LogP contribution in [0.25, 0.3) is 0 Å². The zero-order valence-electron chi connectivity index (χ0n) is 9.62. The Kier molecular flexibility index (Phi) is 2.99. The molecule has 0 spiro atoms. The first-order valence-corrected chi connectivity index (χ1v) is 5.48. The number of fused-ring (bicyclic) bond motifs is 1. The smallest absolute Gasteiger partial charge is 0.340 e. The van der Waals surface area contributed by atoms with E-state index in [1.54, 1.807) is 6.07 Å². The maximum absolute atomic E-state index is 11.6. The van der Waals surface area contributed by atoms with E-state index in [0.717, 1.165) is 31.0 Å². The normalized spacial score (nSPS) is 14.0. The van der Waals surface area contributed by atoms with Gasteiger partial charge in [0.05, 0.1) is 24.0 Å². The highest BCUT2D eigenvalue weighted by atomic mass is 16.5. The van der Waals surface area contributed by atoms with Crippen molar-refractivity contribution in [2.75, 3.05) is 37.0 Å². The third-order valence-electron chi connectivity index (χ3n) is 2.85. The number of hydrogen-bond donors (Lipinski definition) is 1. The van der Waals surface area contributed by atoms with Crippen LogP contribution in [0.4, 0.5) is 11.4 Å². The van der Waals surface area contributed by atoms with Gasteiger partial charge in [0, 0.05) is 19.6 Å². The highest BCUT2D eigenvalue weighted by molar-refractivity contribution is 5.99. The number of para-hydroxylation sites is 1. The fourth-order valence-corrected chi connectivity index (χ4v) is 2.03. The summed E-state index contributed by atoms with van der Waals surface area (Å²) in [6, 6.07) is 5.70. The highest BCUT2D eigenvalue weighted by Gasteiger charge is 2.21. The van der Waals surface area contributed by atoms with Crippen molar-refractivity contribution in [2.45, 2.75) is 6.92 Å². The number of nitrogens with one attached hydrogen (secondary N) is 1. The largest absolute Gasteiger partial charge is 0.465 e. The van der Waals surface area contributed by atoms with Crippen LogP contribution in [0.2, 0.25) is 0 Å². The molecule has 16 heavy (non-hydrogen) atoms. The molecule has 0 atom stereocenters. The minimum Gasteiger partial charge on any atom is -0.465 e. The molecule has 1 N–H and O–H groups in total. The molecule has 0 saturated carbocycles. The number of ether oxygens (including phenoxy) is 1. The van der Waals surface area contributed by atoms with Crippen LogP contribution >= 0.6 is 0 Å². The summed E-state index contributed by atoms with van der Waals surface area (Å²) in [5.74, 6) is -0.290. The fraction of sp³-hybridized carbons (Fsp3) is 0.417. The predicted molar refractivity (Wildman–Crippen MR) is 64.2 cm³/mol. The van der Waals surface area contributed by atoms with Gasteiger partial charge < -0.3 is 15.0 Å². The number of esters is 1. The van der Waals surface area contributed by atoms with Crippen molar-refractivity contribution in [3.05, 3.63) is 23.8 Å². The van der Waals surface area contributed by atoms with Crippen molar-refractivity contribution in [1.82, 2.24) is 0 Å². The topological polar surface area (TPSA) is 41.6 Å². The monoisotopic (exact) mass is 220 g/mol. The van der Waals surface area contributed by atoms with Gasteiger partial charge in [0.15, 0.2) is 0 Å². The van der Waals surface area contributed by atoms with Crippen LogP contribution in [0, 0.1) is 0 Å². The molecule has 0 aromatic heterocycles.